The van der Waals surface area contributed by atoms with Crippen molar-refractivity contribution in [1.29, 1.82) is 0 Å². The molecule has 0 aliphatic heterocycles. The van der Waals surface area contributed by atoms with Gasteiger partial charge in [0.15, 0.2) is 0 Å². The zero-order valence-corrected chi connectivity index (χ0v) is 11.7. The van der Waals surface area contributed by atoms with Crippen LogP contribution in [0.2, 0.25) is 0 Å². The molecule has 1 rings (SSSR count). The predicted molar refractivity (Wildman–Crippen MR) is 75.9 cm³/mol. The minimum absolute atomic E-state index is 0.692. The molecule has 0 aliphatic rings. The first kappa shape index (κ1) is 14.0. The minimum Gasteiger partial charge on any atom is -0.261 e. The smallest absolute Gasteiger partial charge is 0.0447 e. The van der Waals surface area contributed by atoms with Crippen LogP contribution < -0.4 is 0 Å². The predicted octanol–water partition coefficient (Wildman–Crippen LogP) is 5.01. The summed E-state index contributed by atoms with van der Waals surface area (Å²) in [6.07, 6.45) is 9.22. The van der Waals surface area contributed by atoms with Gasteiger partial charge in [-0.15, -0.1) is 0 Å². The zero-order chi connectivity index (χ0) is 12.7. The van der Waals surface area contributed by atoms with Gasteiger partial charge < -0.3 is 0 Å². The molecular weight excluding hydrogens is 206 g/mol. The van der Waals surface area contributed by atoms with E-state index < -0.39 is 0 Å². The Morgan fingerprint density at radius 3 is 2.41 bits per heavy atom. The SMILES string of the molecule is C/C=C(\c1cccnc1C)C(CCC)CCC. The number of aryl methyl sites for hydroxylation is 1. The second kappa shape index (κ2) is 7.26. The van der Waals surface area contributed by atoms with Gasteiger partial charge in [-0.1, -0.05) is 38.8 Å². The van der Waals surface area contributed by atoms with Crippen LogP contribution >= 0.6 is 0 Å². The van der Waals surface area contributed by atoms with E-state index in [-0.39, 0.29) is 0 Å². The van der Waals surface area contributed by atoms with Gasteiger partial charge in [-0.2, -0.15) is 0 Å². The number of rotatable bonds is 6. The summed E-state index contributed by atoms with van der Waals surface area (Å²) in [5.74, 6) is 0.692. The maximum absolute atomic E-state index is 4.41. The number of hydrogen-bond donors (Lipinski definition) is 0. The van der Waals surface area contributed by atoms with Crippen LogP contribution in [0.3, 0.4) is 0 Å². The van der Waals surface area contributed by atoms with E-state index in [9.17, 15) is 0 Å². The molecule has 94 valence electrons. The first-order chi connectivity index (χ1) is 8.24. The van der Waals surface area contributed by atoms with E-state index in [1.54, 1.807) is 0 Å². The van der Waals surface area contributed by atoms with Crippen LogP contribution in [-0.2, 0) is 0 Å². The molecule has 0 N–H and O–H groups in total. The van der Waals surface area contributed by atoms with Gasteiger partial charge in [-0.05, 0) is 49.8 Å². The molecule has 17 heavy (non-hydrogen) atoms. The van der Waals surface area contributed by atoms with E-state index in [0.29, 0.717) is 5.92 Å². The van der Waals surface area contributed by atoms with E-state index in [1.807, 2.05) is 12.3 Å². The van der Waals surface area contributed by atoms with Crippen molar-refractivity contribution in [3.8, 4) is 0 Å². The number of pyridine rings is 1. The largest absolute Gasteiger partial charge is 0.261 e. The standard InChI is InChI=1S/C16H25N/c1-5-9-14(10-6-2)15(7-3)16-11-8-12-17-13(16)4/h7-8,11-12,14H,5-6,9-10H2,1-4H3/b15-7-. The summed E-state index contributed by atoms with van der Waals surface area (Å²) in [5.41, 5.74) is 3.97. The highest BCUT2D eigenvalue weighted by atomic mass is 14.7. The third kappa shape index (κ3) is 3.69. The van der Waals surface area contributed by atoms with E-state index in [2.05, 4.69) is 44.8 Å². The zero-order valence-electron chi connectivity index (χ0n) is 11.7. The van der Waals surface area contributed by atoms with Crippen LogP contribution in [0.4, 0.5) is 0 Å². The van der Waals surface area contributed by atoms with Crippen LogP contribution in [0.25, 0.3) is 5.57 Å². The molecule has 0 saturated heterocycles. The van der Waals surface area contributed by atoms with Gasteiger partial charge in [-0.25, -0.2) is 0 Å². The molecule has 0 amide bonds. The van der Waals surface area contributed by atoms with Gasteiger partial charge in [0, 0.05) is 11.9 Å². The Kier molecular flexibility index (Phi) is 5.96. The maximum Gasteiger partial charge on any atom is 0.0447 e. The summed E-state index contributed by atoms with van der Waals surface area (Å²) in [5, 5.41) is 0. The lowest BCUT2D eigenvalue weighted by Gasteiger charge is -2.20. The second-order valence-corrected chi connectivity index (χ2v) is 4.65. The third-order valence-electron chi connectivity index (χ3n) is 3.34. The highest BCUT2D eigenvalue weighted by molar-refractivity contribution is 5.68. The van der Waals surface area contributed by atoms with Gasteiger partial charge in [0.1, 0.15) is 0 Å². The van der Waals surface area contributed by atoms with E-state index in [0.717, 1.165) is 5.69 Å². The van der Waals surface area contributed by atoms with Crippen molar-refractivity contribution in [3.05, 3.63) is 35.7 Å². The molecular formula is C16H25N. The van der Waals surface area contributed by atoms with Crippen molar-refractivity contribution < 1.29 is 0 Å². The quantitative estimate of drug-likeness (QED) is 0.670. The Morgan fingerprint density at radius 2 is 1.94 bits per heavy atom. The number of nitrogens with zero attached hydrogens (tertiary/aromatic N) is 1. The molecule has 0 fully saturated rings. The lowest BCUT2D eigenvalue weighted by Crippen LogP contribution is -2.05. The molecule has 0 unspecified atom stereocenters. The molecule has 0 spiro atoms. The van der Waals surface area contributed by atoms with Crippen molar-refractivity contribution in [2.45, 2.75) is 53.4 Å². The van der Waals surface area contributed by atoms with Crippen LogP contribution in [0, 0.1) is 12.8 Å². The highest BCUT2D eigenvalue weighted by Gasteiger charge is 2.15. The topological polar surface area (TPSA) is 12.9 Å². The molecule has 0 bridgehead atoms. The van der Waals surface area contributed by atoms with Gasteiger partial charge >= 0.3 is 0 Å². The molecule has 0 aromatic carbocycles. The second-order valence-electron chi connectivity index (χ2n) is 4.65. The Hall–Kier alpha value is -1.11. The monoisotopic (exact) mass is 231 g/mol. The molecule has 0 atom stereocenters. The summed E-state index contributed by atoms with van der Waals surface area (Å²) >= 11 is 0. The fourth-order valence-corrected chi connectivity index (χ4v) is 2.55. The molecule has 0 radical (unpaired) electrons. The lowest BCUT2D eigenvalue weighted by atomic mass is 9.85. The van der Waals surface area contributed by atoms with Gasteiger partial charge in [0.2, 0.25) is 0 Å². The van der Waals surface area contributed by atoms with Crippen LogP contribution in [0.5, 0.6) is 0 Å². The molecule has 1 heterocycles. The Bertz CT molecular complexity index is 360. The summed E-state index contributed by atoms with van der Waals surface area (Å²) in [6.45, 7) is 8.80. The molecule has 1 aromatic heterocycles. The lowest BCUT2D eigenvalue weighted by molar-refractivity contribution is 0.543. The Labute approximate surface area is 106 Å². The molecule has 1 nitrogen and oxygen atoms in total. The first-order valence-corrected chi connectivity index (χ1v) is 6.82. The van der Waals surface area contributed by atoms with Gasteiger partial charge in [-0.3, -0.25) is 4.98 Å². The maximum atomic E-state index is 4.41. The highest BCUT2D eigenvalue weighted by Crippen LogP contribution is 2.31. The first-order valence-electron chi connectivity index (χ1n) is 6.82. The molecule has 0 saturated carbocycles. The summed E-state index contributed by atoms with van der Waals surface area (Å²) in [6, 6.07) is 4.25. The summed E-state index contributed by atoms with van der Waals surface area (Å²) in [4.78, 5) is 4.41. The summed E-state index contributed by atoms with van der Waals surface area (Å²) < 4.78 is 0. The minimum atomic E-state index is 0.692. The van der Waals surface area contributed by atoms with Crippen LogP contribution in [0.1, 0.15) is 57.7 Å². The van der Waals surface area contributed by atoms with Crippen molar-refractivity contribution >= 4 is 5.57 Å². The Balaban J connectivity index is 3.01. The van der Waals surface area contributed by atoms with Crippen molar-refractivity contribution in [2.75, 3.05) is 0 Å². The van der Waals surface area contributed by atoms with E-state index in [1.165, 1.54) is 36.8 Å². The molecule has 1 heteroatoms. The molecule has 1 aromatic rings. The normalized spacial score (nSPS) is 12.2. The van der Waals surface area contributed by atoms with Crippen molar-refractivity contribution in [1.82, 2.24) is 4.98 Å². The average molecular weight is 231 g/mol. The number of hydrogen-bond acceptors (Lipinski definition) is 1. The van der Waals surface area contributed by atoms with Gasteiger partial charge in [0.05, 0.1) is 0 Å². The van der Waals surface area contributed by atoms with Crippen LogP contribution in [0.15, 0.2) is 24.4 Å². The fourth-order valence-electron chi connectivity index (χ4n) is 2.55. The fraction of sp³-hybridized carbons (Fsp3) is 0.562. The Morgan fingerprint density at radius 1 is 1.29 bits per heavy atom. The van der Waals surface area contributed by atoms with Crippen LogP contribution in [-0.4, -0.2) is 4.98 Å². The van der Waals surface area contributed by atoms with Crippen molar-refractivity contribution in [3.63, 3.8) is 0 Å². The number of aromatic nitrogens is 1. The summed E-state index contributed by atoms with van der Waals surface area (Å²) in [7, 11) is 0. The van der Waals surface area contributed by atoms with Crippen molar-refractivity contribution in [2.24, 2.45) is 5.92 Å². The average Bonchev–Trinajstić information content (AvgIpc) is 2.33. The third-order valence-corrected chi connectivity index (χ3v) is 3.34. The number of allylic oxidation sites excluding steroid dienone is 2. The van der Waals surface area contributed by atoms with Gasteiger partial charge in [0.25, 0.3) is 0 Å². The van der Waals surface area contributed by atoms with E-state index in [4.69, 9.17) is 0 Å². The van der Waals surface area contributed by atoms with E-state index >= 15 is 0 Å². The molecule has 0 aliphatic carbocycles.